The van der Waals surface area contributed by atoms with Crippen LogP contribution in [0.3, 0.4) is 0 Å². The highest BCUT2D eigenvalue weighted by atomic mass is 16.8. The number of rotatable bonds is 2. The molecule has 0 aliphatic carbocycles. The molecule has 0 fully saturated rings. The van der Waals surface area contributed by atoms with Gasteiger partial charge in [0.15, 0.2) is 5.76 Å². The second kappa shape index (κ2) is 3.55. The lowest BCUT2D eigenvalue weighted by molar-refractivity contribution is -0.161. The summed E-state index contributed by atoms with van der Waals surface area (Å²) >= 11 is 0. The van der Waals surface area contributed by atoms with E-state index in [0.29, 0.717) is 0 Å². The van der Waals surface area contributed by atoms with Crippen LogP contribution in [0.25, 0.3) is 0 Å². The Morgan fingerprint density at radius 2 is 2.31 bits per heavy atom. The average Bonchev–Trinajstić information content (AvgIpc) is 2.72. The molecule has 86 valence electrons. The molecule has 1 spiro atoms. The molecule has 2 rings (SSSR count). The number of hydrogen-bond acceptors (Lipinski definition) is 5. The molecule has 0 aromatic heterocycles. The van der Waals surface area contributed by atoms with E-state index in [1.807, 2.05) is 0 Å². The van der Waals surface area contributed by atoms with Crippen molar-refractivity contribution in [2.75, 3.05) is 6.61 Å². The Hall–Kier alpha value is -1.98. The first kappa shape index (κ1) is 10.5. The number of carbonyl (C=O) groups excluding carboxylic acids is 2. The van der Waals surface area contributed by atoms with Gasteiger partial charge in [0, 0.05) is 12.2 Å². The largest absolute Gasteiger partial charge is 0.460 e. The number of carbonyl (C=O) groups is 2. The minimum absolute atomic E-state index is 0.0197. The lowest BCUT2D eigenvalue weighted by Gasteiger charge is -2.21. The summed E-state index contributed by atoms with van der Waals surface area (Å²) in [6.45, 7) is 3.50. The minimum atomic E-state index is -1.37. The number of hydrogen-bond donors (Lipinski definition) is 1. The van der Waals surface area contributed by atoms with Gasteiger partial charge in [0.05, 0.1) is 6.61 Å². The maximum atomic E-state index is 11.5. The van der Waals surface area contributed by atoms with E-state index in [1.54, 1.807) is 13.8 Å². The average molecular weight is 225 g/mol. The molecular weight excluding hydrogens is 214 g/mol. The van der Waals surface area contributed by atoms with E-state index in [1.165, 1.54) is 12.2 Å². The van der Waals surface area contributed by atoms with Crippen molar-refractivity contribution in [3.8, 4) is 0 Å². The molecule has 2 aliphatic rings. The van der Waals surface area contributed by atoms with Crippen molar-refractivity contribution in [3.63, 3.8) is 0 Å². The molecule has 1 unspecified atom stereocenters. The van der Waals surface area contributed by atoms with Crippen LogP contribution in [-0.2, 0) is 23.8 Å². The van der Waals surface area contributed by atoms with Gasteiger partial charge in [-0.15, -0.1) is 0 Å². The number of amides is 1. The third-order valence-electron chi connectivity index (χ3n) is 2.09. The van der Waals surface area contributed by atoms with Crippen LogP contribution in [-0.4, -0.2) is 24.4 Å². The molecule has 1 atom stereocenters. The van der Waals surface area contributed by atoms with Gasteiger partial charge in [-0.25, -0.2) is 4.79 Å². The predicted octanol–water partition coefficient (Wildman–Crippen LogP) is 0.168. The highest BCUT2D eigenvalue weighted by Crippen LogP contribution is 2.32. The molecule has 6 nitrogen and oxygen atoms in total. The highest BCUT2D eigenvalue weighted by molar-refractivity contribution is 5.92. The van der Waals surface area contributed by atoms with Gasteiger partial charge in [-0.1, -0.05) is 0 Å². The van der Waals surface area contributed by atoms with E-state index >= 15 is 0 Å². The fourth-order valence-electron chi connectivity index (χ4n) is 1.46. The summed E-state index contributed by atoms with van der Waals surface area (Å²) in [5, 5.41) is 2.44. The molecule has 0 saturated heterocycles. The predicted molar refractivity (Wildman–Crippen MR) is 51.5 cm³/mol. The number of allylic oxidation sites excluding steroid dienone is 1. The number of ether oxygens (including phenoxy) is 3. The molecule has 16 heavy (non-hydrogen) atoms. The zero-order valence-electron chi connectivity index (χ0n) is 8.90. The Morgan fingerprint density at radius 1 is 1.56 bits per heavy atom. The Kier molecular flexibility index (Phi) is 2.34. The van der Waals surface area contributed by atoms with E-state index in [9.17, 15) is 9.59 Å². The molecule has 2 aliphatic heterocycles. The second-order valence-electron chi connectivity index (χ2n) is 3.30. The Bertz CT molecular complexity index is 411. The van der Waals surface area contributed by atoms with Gasteiger partial charge in [0.25, 0.3) is 0 Å². The summed E-state index contributed by atoms with van der Waals surface area (Å²) in [7, 11) is 0. The molecule has 1 amide bonds. The van der Waals surface area contributed by atoms with E-state index in [4.69, 9.17) is 14.2 Å². The smallest absolute Gasteiger partial charge is 0.377 e. The topological polar surface area (TPSA) is 73.9 Å². The van der Waals surface area contributed by atoms with Crippen molar-refractivity contribution < 1.29 is 23.8 Å². The van der Waals surface area contributed by atoms with Gasteiger partial charge >= 0.3 is 11.9 Å². The molecule has 6 heteroatoms. The monoisotopic (exact) mass is 225 g/mol. The normalized spacial score (nSPS) is 26.8. The van der Waals surface area contributed by atoms with E-state index in [2.05, 4.69) is 5.32 Å². The minimum Gasteiger partial charge on any atom is -0.460 e. The summed E-state index contributed by atoms with van der Waals surface area (Å²) in [4.78, 5) is 22.5. The summed E-state index contributed by atoms with van der Waals surface area (Å²) in [6.07, 6.45) is 2.69. The lowest BCUT2D eigenvalue weighted by atomic mass is 10.4. The van der Waals surface area contributed by atoms with E-state index < -0.39 is 11.9 Å². The first-order chi connectivity index (χ1) is 7.56. The van der Waals surface area contributed by atoms with Crippen LogP contribution in [0, 0.1) is 0 Å². The number of nitrogens with one attached hydrogen (secondary N) is 1. The van der Waals surface area contributed by atoms with Gasteiger partial charge in [0.2, 0.25) is 11.7 Å². The van der Waals surface area contributed by atoms with Crippen molar-refractivity contribution in [1.29, 1.82) is 0 Å². The van der Waals surface area contributed by atoms with Crippen LogP contribution < -0.4 is 5.32 Å². The molecule has 0 radical (unpaired) electrons. The van der Waals surface area contributed by atoms with Crippen LogP contribution in [0.15, 0.2) is 23.7 Å². The zero-order valence-corrected chi connectivity index (χ0v) is 8.90. The third kappa shape index (κ3) is 1.62. The third-order valence-corrected chi connectivity index (χ3v) is 2.09. The van der Waals surface area contributed by atoms with Crippen LogP contribution in [0.4, 0.5) is 0 Å². The zero-order chi connectivity index (χ0) is 11.8. The van der Waals surface area contributed by atoms with Gasteiger partial charge in [-0.3, -0.25) is 10.1 Å². The maximum Gasteiger partial charge on any atom is 0.377 e. The quantitative estimate of drug-likeness (QED) is 0.678. The highest BCUT2D eigenvalue weighted by Gasteiger charge is 2.46. The lowest BCUT2D eigenvalue weighted by Crippen LogP contribution is -2.43. The second-order valence-corrected chi connectivity index (χ2v) is 3.30. The van der Waals surface area contributed by atoms with E-state index in [-0.39, 0.29) is 24.0 Å². The standard InChI is InChI=1S/C10H11NO5/c1-3-14-9(13)8-6(2)15-10(16-8)5-4-7(12)11-10/h4-5H,3H2,1-2H3,(H,11,12). The molecular formula is C10H11NO5. The SMILES string of the molecule is CCOC(=O)C1=C(C)OC2(C=CC(=O)N2)O1. The van der Waals surface area contributed by atoms with Crippen molar-refractivity contribution in [3.05, 3.63) is 23.7 Å². The summed E-state index contributed by atoms with van der Waals surface area (Å²) in [5.74, 6) is -2.05. The van der Waals surface area contributed by atoms with Crippen molar-refractivity contribution in [1.82, 2.24) is 5.32 Å². The van der Waals surface area contributed by atoms with Crippen molar-refractivity contribution in [2.24, 2.45) is 0 Å². The van der Waals surface area contributed by atoms with Crippen LogP contribution in [0.1, 0.15) is 13.8 Å². The fraction of sp³-hybridized carbons (Fsp3) is 0.400. The molecule has 2 heterocycles. The fourth-order valence-corrected chi connectivity index (χ4v) is 1.46. The number of esters is 1. The first-order valence-corrected chi connectivity index (χ1v) is 4.84. The van der Waals surface area contributed by atoms with Gasteiger partial charge < -0.3 is 14.2 Å². The van der Waals surface area contributed by atoms with Gasteiger partial charge in [-0.05, 0) is 13.8 Å². The van der Waals surface area contributed by atoms with Gasteiger partial charge in [0.1, 0.15) is 0 Å². The van der Waals surface area contributed by atoms with Crippen LogP contribution in [0.2, 0.25) is 0 Å². The molecule has 0 bridgehead atoms. The Morgan fingerprint density at radius 3 is 2.88 bits per heavy atom. The molecule has 0 saturated carbocycles. The van der Waals surface area contributed by atoms with Crippen LogP contribution in [0.5, 0.6) is 0 Å². The summed E-state index contributed by atoms with van der Waals surface area (Å²) in [5.41, 5.74) is 0. The summed E-state index contributed by atoms with van der Waals surface area (Å²) < 4.78 is 15.4. The molecule has 0 aromatic rings. The van der Waals surface area contributed by atoms with Crippen LogP contribution >= 0.6 is 0 Å². The van der Waals surface area contributed by atoms with Gasteiger partial charge in [-0.2, -0.15) is 0 Å². The van der Waals surface area contributed by atoms with E-state index in [0.717, 1.165) is 0 Å². The molecule has 1 N–H and O–H groups in total. The first-order valence-electron chi connectivity index (χ1n) is 4.84. The Labute approximate surface area is 91.8 Å². The Balaban J connectivity index is 2.13. The summed E-state index contributed by atoms with van der Waals surface area (Å²) in [6, 6.07) is 0. The maximum absolute atomic E-state index is 11.5. The molecule has 0 aromatic carbocycles. The van der Waals surface area contributed by atoms with Crippen molar-refractivity contribution >= 4 is 11.9 Å². The van der Waals surface area contributed by atoms with Crippen molar-refractivity contribution in [2.45, 2.75) is 19.8 Å².